The van der Waals surface area contributed by atoms with E-state index in [0.717, 1.165) is 4.47 Å². The zero-order valence-corrected chi connectivity index (χ0v) is 12.7. The van der Waals surface area contributed by atoms with Crippen LogP contribution in [0.5, 0.6) is 0 Å². The summed E-state index contributed by atoms with van der Waals surface area (Å²) >= 11 is 3.29. The van der Waals surface area contributed by atoms with Gasteiger partial charge >= 0.3 is 0 Å². The molecule has 21 heavy (non-hydrogen) atoms. The number of hydrazone groups is 1. The Morgan fingerprint density at radius 2 is 1.76 bits per heavy atom. The van der Waals surface area contributed by atoms with Crippen molar-refractivity contribution in [2.24, 2.45) is 5.10 Å². The summed E-state index contributed by atoms with van der Waals surface area (Å²) in [7, 11) is 0. The number of hydrogen-bond acceptors (Lipinski definition) is 3. The Balaban J connectivity index is 1.86. The van der Waals surface area contributed by atoms with E-state index in [1.165, 1.54) is 6.21 Å². The predicted molar refractivity (Wildman–Crippen MR) is 85.5 cm³/mol. The van der Waals surface area contributed by atoms with Crippen molar-refractivity contribution in [1.82, 2.24) is 5.43 Å². The lowest BCUT2D eigenvalue weighted by atomic mass is 10.1. The van der Waals surface area contributed by atoms with Gasteiger partial charge in [0.05, 0.1) is 0 Å². The number of carbonyl (C=O) groups is 2. The van der Waals surface area contributed by atoms with Crippen LogP contribution >= 0.6 is 15.9 Å². The fourth-order valence-electron chi connectivity index (χ4n) is 1.67. The maximum atomic E-state index is 11.8. The fraction of sp³-hybridized carbons (Fsp3) is 0.0625. The summed E-state index contributed by atoms with van der Waals surface area (Å²) in [6, 6.07) is 15.9. The molecule has 0 unspecified atom stereocenters. The van der Waals surface area contributed by atoms with Crippen LogP contribution in [0.1, 0.15) is 27.1 Å². The smallest absolute Gasteiger partial charge is 0.271 e. The molecule has 106 valence electrons. The van der Waals surface area contributed by atoms with Crippen LogP contribution in [0, 0.1) is 0 Å². The Hall–Kier alpha value is -2.27. The number of amides is 1. The molecule has 5 heteroatoms. The largest absolute Gasteiger partial charge is 0.294 e. The lowest BCUT2D eigenvalue weighted by Crippen LogP contribution is -2.17. The van der Waals surface area contributed by atoms with Crippen molar-refractivity contribution in [2.75, 3.05) is 0 Å². The molecule has 0 spiro atoms. The summed E-state index contributed by atoms with van der Waals surface area (Å²) in [5, 5.41) is 3.78. The number of halogens is 1. The molecule has 0 aliphatic carbocycles. The molecular formula is C16H13BrN2O2. The van der Waals surface area contributed by atoms with Crippen LogP contribution in [0.4, 0.5) is 0 Å². The minimum Gasteiger partial charge on any atom is -0.294 e. The van der Waals surface area contributed by atoms with Crippen molar-refractivity contribution < 1.29 is 9.59 Å². The van der Waals surface area contributed by atoms with Crippen LogP contribution in [0.25, 0.3) is 0 Å². The molecule has 0 atom stereocenters. The van der Waals surface area contributed by atoms with E-state index in [-0.39, 0.29) is 18.1 Å². The molecule has 0 heterocycles. The number of ketones is 1. The van der Waals surface area contributed by atoms with E-state index in [1.54, 1.807) is 42.5 Å². The standard InChI is InChI=1S/C16H13BrN2O2/c17-14-8-4-7-13(11-14)16(21)19-18-10-9-15(20)12-5-2-1-3-6-12/h1-8,10-11H,9H2,(H,19,21)/b18-10+. The lowest BCUT2D eigenvalue weighted by Gasteiger charge is -2.00. The van der Waals surface area contributed by atoms with Gasteiger partial charge in [0.25, 0.3) is 5.91 Å². The third kappa shape index (κ3) is 4.65. The number of rotatable bonds is 5. The molecule has 2 aromatic carbocycles. The Morgan fingerprint density at radius 1 is 1.05 bits per heavy atom. The fourth-order valence-corrected chi connectivity index (χ4v) is 2.07. The molecule has 2 aromatic rings. The highest BCUT2D eigenvalue weighted by Crippen LogP contribution is 2.11. The second-order valence-corrected chi connectivity index (χ2v) is 5.17. The summed E-state index contributed by atoms with van der Waals surface area (Å²) in [6.07, 6.45) is 1.54. The summed E-state index contributed by atoms with van der Waals surface area (Å²) in [5.74, 6) is -0.365. The first-order valence-corrected chi connectivity index (χ1v) is 7.12. The molecule has 0 aliphatic rings. The van der Waals surface area contributed by atoms with Gasteiger partial charge in [0.2, 0.25) is 0 Å². The molecule has 0 bridgehead atoms. The highest BCUT2D eigenvalue weighted by Gasteiger charge is 2.05. The van der Waals surface area contributed by atoms with Crippen molar-refractivity contribution in [1.29, 1.82) is 0 Å². The summed E-state index contributed by atoms with van der Waals surface area (Å²) in [5.41, 5.74) is 3.51. The number of nitrogens with zero attached hydrogens (tertiary/aromatic N) is 1. The number of Topliss-reactive ketones (excluding diaryl/α,β-unsaturated/α-hetero) is 1. The molecular weight excluding hydrogens is 332 g/mol. The molecule has 0 saturated carbocycles. The van der Waals surface area contributed by atoms with Gasteiger partial charge in [-0.3, -0.25) is 9.59 Å². The number of nitrogens with one attached hydrogen (secondary N) is 1. The predicted octanol–water partition coefficient (Wildman–Crippen LogP) is 3.44. The van der Waals surface area contributed by atoms with Crippen LogP contribution in [0.15, 0.2) is 64.2 Å². The van der Waals surface area contributed by atoms with Crippen molar-refractivity contribution in [3.63, 3.8) is 0 Å². The van der Waals surface area contributed by atoms with Gasteiger partial charge in [-0.25, -0.2) is 5.43 Å². The van der Waals surface area contributed by atoms with Gasteiger partial charge in [0, 0.05) is 28.2 Å². The molecule has 0 saturated heterocycles. The molecule has 0 radical (unpaired) electrons. The van der Waals surface area contributed by atoms with Crippen molar-refractivity contribution in [2.45, 2.75) is 6.42 Å². The second kappa shape index (κ2) is 7.50. The minimum absolute atomic E-state index is 0.0453. The SMILES string of the molecule is O=C(C/C=N/NC(=O)c1cccc(Br)c1)c1ccccc1. The molecule has 2 rings (SSSR count). The minimum atomic E-state index is -0.320. The van der Waals surface area contributed by atoms with Crippen LogP contribution in [0.2, 0.25) is 0 Å². The average Bonchev–Trinajstić information content (AvgIpc) is 2.52. The molecule has 1 amide bonds. The maximum Gasteiger partial charge on any atom is 0.271 e. The zero-order valence-electron chi connectivity index (χ0n) is 11.1. The number of hydrogen-bond donors (Lipinski definition) is 1. The van der Waals surface area contributed by atoms with E-state index < -0.39 is 0 Å². The highest BCUT2D eigenvalue weighted by atomic mass is 79.9. The van der Waals surface area contributed by atoms with Gasteiger partial charge in [0.15, 0.2) is 5.78 Å². The topological polar surface area (TPSA) is 58.5 Å². The van der Waals surface area contributed by atoms with Crippen LogP contribution in [-0.4, -0.2) is 17.9 Å². The Labute approximate surface area is 131 Å². The van der Waals surface area contributed by atoms with E-state index in [0.29, 0.717) is 11.1 Å². The van der Waals surface area contributed by atoms with Gasteiger partial charge < -0.3 is 0 Å². The van der Waals surface area contributed by atoms with E-state index in [1.807, 2.05) is 12.1 Å². The van der Waals surface area contributed by atoms with Crippen LogP contribution in [-0.2, 0) is 0 Å². The first kappa shape index (κ1) is 15.1. The molecule has 4 nitrogen and oxygen atoms in total. The van der Waals surface area contributed by atoms with Crippen LogP contribution < -0.4 is 5.43 Å². The van der Waals surface area contributed by atoms with Gasteiger partial charge in [-0.1, -0.05) is 52.3 Å². The lowest BCUT2D eigenvalue weighted by molar-refractivity contribution is 0.0951. The van der Waals surface area contributed by atoms with Gasteiger partial charge in [-0.15, -0.1) is 0 Å². The monoisotopic (exact) mass is 344 g/mol. The first-order chi connectivity index (χ1) is 10.2. The first-order valence-electron chi connectivity index (χ1n) is 6.32. The molecule has 0 aromatic heterocycles. The Morgan fingerprint density at radius 3 is 2.48 bits per heavy atom. The normalized spacial score (nSPS) is 10.5. The summed E-state index contributed by atoms with van der Waals surface area (Å²) < 4.78 is 0.818. The zero-order chi connectivity index (χ0) is 15.1. The molecule has 0 fully saturated rings. The quantitative estimate of drug-likeness (QED) is 0.513. The highest BCUT2D eigenvalue weighted by molar-refractivity contribution is 9.10. The third-order valence-corrected chi connectivity index (χ3v) is 3.21. The van der Waals surface area contributed by atoms with Gasteiger partial charge in [-0.05, 0) is 18.2 Å². The van der Waals surface area contributed by atoms with E-state index in [2.05, 4.69) is 26.5 Å². The van der Waals surface area contributed by atoms with Crippen molar-refractivity contribution in [3.05, 3.63) is 70.2 Å². The number of carbonyl (C=O) groups excluding carboxylic acids is 2. The van der Waals surface area contributed by atoms with E-state index in [9.17, 15) is 9.59 Å². The maximum absolute atomic E-state index is 11.8. The Kier molecular flexibility index (Phi) is 5.40. The van der Waals surface area contributed by atoms with E-state index in [4.69, 9.17) is 0 Å². The third-order valence-electron chi connectivity index (χ3n) is 2.72. The summed E-state index contributed by atoms with van der Waals surface area (Å²) in [6.45, 7) is 0. The average molecular weight is 345 g/mol. The molecule has 0 aliphatic heterocycles. The van der Waals surface area contributed by atoms with E-state index >= 15 is 0 Å². The van der Waals surface area contributed by atoms with Gasteiger partial charge in [0.1, 0.15) is 0 Å². The Bertz CT molecular complexity index is 669. The van der Waals surface area contributed by atoms with Crippen LogP contribution in [0.3, 0.4) is 0 Å². The van der Waals surface area contributed by atoms with Crippen molar-refractivity contribution in [3.8, 4) is 0 Å². The van der Waals surface area contributed by atoms with Crippen molar-refractivity contribution >= 4 is 33.8 Å². The summed E-state index contributed by atoms with van der Waals surface area (Å²) in [4.78, 5) is 23.6. The second-order valence-electron chi connectivity index (χ2n) is 4.26. The van der Waals surface area contributed by atoms with Gasteiger partial charge in [-0.2, -0.15) is 5.10 Å². The number of benzene rings is 2. The molecule has 1 N–H and O–H groups in total.